The average Bonchev–Trinajstić information content (AvgIpc) is 3.00. The Kier molecular flexibility index (Phi) is 7.43. The lowest BCUT2D eigenvalue weighted by atomic mass is 10.1. The van der Waals surface area contributed by atoms with Crippen molar-refractivity contribution >= 4 is 25.4 Å². The second-order valence-corrected chi connectivity index (χ2v) is 15.1. The van der Waals surface area contributed by atoms with Gasteiger partial charge in [-0.1, -0.05) is 32.9 Å². The number of ether oxygens (including phenoxy) is 1. The van der Waals surface area contributed by atoms with Gasteiger partial charge in [0.2, 0.25) is 0 Å². The van der Waals surface area contributed by atoms with Gasteiger partial charge < -0.3 is 23.6 Å². The highest BCUT2D eigenvalue weighted by Gasteiger charge is 2.37. The van der Waals surface area contributed by atoms with Crippen LogP contribution in [-0.2, 0) is 22.3 Å². The number of furan rings is 1. The third-order valence-electron chi connectivity index (χ3n) is 5.45. The van der Waals surface area contributed by atoms with Gasteiger partial charge in [0.1, 0.15) is 23.6 Å². The molecule has 1 heterocycles. The number of aliphatic hydroxyl groups excluding tert-OH is 1. The highest BCUT2D eigenvalue weighted by atomic mass is 28.4. The molecule has 0 radical (unpaired) electrons. The fraction of sp³-hybridized carbons (Fsp3) is 0.609. The molecule has 0 aliphatic rings. The maximum absolute atomic E-state index is 12.8. The minimum Gasteiger partial charge on any atom is -0.459 e. The Morgan fingerprint density at radius 3 is 2.37 bits per heavy atom. The molecule has 1 aromatic heterocycles. The summed E-state index contributed by atoms with van der Waals surface area (Å²) in [7, 11) is -1.90. The molecule has 0 aliphatic heterocycles. The van der Waals surface area contributed by atoms with E-state index in [1.807, 2.05) is 45.0 Å². The Morgan fingerprint density at radius 2 is 1.80 bits per heavy atom. The maximum atomic E-state index is 12.8. The summed E-state index contributed by atoms with van der Waals surface area (Å²) in [5.74, 6) is 0.522. The maximum Gasteiger partial charge on any atom is 0.410 e. The second kappa shape index (κ2) is 9.12. The molecule has 0 bridgehead atoms. The molecule has 0 saturated heterocycles. The van der Waals surface area contributed by atoms with Crippen LogP contribution in [0.15, 0.2) is 28.7 Å². The van der Waals surface area contributed by atoms with Crippen LogP contribution in [0.1, 0.15) is 52.9 Å². The van der Waals surface area contributed by atoms with E-state index in [9.17, 15) is 9.90 Å². The van der Waals surface area contributed by atoms with Gasteiger partial charge in [-0.3, -0.25) is 0 Å². The van der Waals surface area contributed by atoms with Gasteiger partial charge in [-0.25, -0.2) is 4.79 Å². The van der Waals surface area contributed by atoms with E-state index in [1.54, 1.807) is 4.90 Å². The quantitative estimate of drug-likeness (QED) is 0.566. The van der Waals surface area contributed by atoms with Crippen molar-refractivity contribution in [2.75, 3.05) is 13.2 Å². The lowest BCUT2D eigenvalue weighted by Gasteiger charge is -2.37. The lowest BCUT2D eigenvalue weighted by Crippen LogP contribution is -2.44. The van der Waals surface area contributed by atoms with Crippen LogP contribution in [0, 0.1) is 0 Å². The first-order valence-electron chi connectivity index (χ1n) is 10.5. The fourth-order valence-electron chi connectivity index (χ4n) is 2.72. The van der Waals surface area contributed by atoms with Gasteiger partial charge in [0.25, 0.3) is 0 Å². The first kappa shape index (κ1) is 24.4. The summed E-state index contributed by atoms with van der Waals surface area (Å²) in [6, 6.07) is 7.62. The molecule has 1 aromatic carbocycles. The SMILES string of the molecule is CC(C)(C)OC(=O)N(CCO[Si](C)(C)C(C)(C)C)Cc1ccc2cc(CO)oc2c1. The number of aliphatic hydroxyl groups is 1. The van der Waals surface area contributed by atoms with E-state index >= 15 is 0 Å². The van der Waals surface area contributed by atoms with Crippen molar-refractivity contribution in [1.29, 1.82) is 0 Å². The number of hydrogen-bond acceptors (Lipinski definition) is 5. The molecule has 0 atom stereocenters. The predicted octanol–water partition coefficient (Wildman–Crippen LogP) is 5.68. The largest absolute Gasteiger partial charge is 0.459 e. The molecule has 7 heteroatoms. The van der Waals surface area contributed by atoms with Crippen molar-refractivity contribution in [3.63, 3.8) is 0 Å². The third-order valence-corrected chi connectivity index (χ3v) is 9.98. The lowest BCUT2D eigenvalue weighted by molar-refractivity contribution is 0.0205. The average molecular weight is 436 g/mol. The molecule has 168 valence electrons. The van der Waals surface area contributed by atoms with Crippen molar-refractivity contribution in [1.82, 2.24) is 4.90 Å². The van der Waals surface area contributed by atoms with Crippen LogP contribution in [-0.4, -0.2) is 43.2 Å². The van der Waals surface area contributed by atoms with Crippen LogP contribution >= 0.6 is 0 Å². The van der Waals surface area contributed by atoms with E-state index in [-0.39, 0.29) is 17.7 Å². The molecule has 1 N–H and O–H groups in total. The number of amides is 1. The molecule has 0 saturated carbocycles. The van der Waals surface area contributed by atoms with Crippen molar-refractivity contribution in [2.24, 2.45) is 0 Å². The normalized spacial score (nSPS) is 13.0. The van der Waals surface area contributed by atoms with Crippen molar-refractivity contribution in [2.45, 2.75) is 78.4 Å². The van der Waals surface area contributed by atoms with E-state index in [2.05, 4.69) is 33.9 Å². The highest BCUT2D eigenvalue weighted by Crippen LogP contribution is 2.36. The number of nitrogens with zero attached hydrogens (tertiary/aromatic N) is 1. The number of hydrogen-bond donors (Lipinski definition) is 1. The van der Waals surface area contributed by atoms with Gasteiger partial charge in [0.05, 0.1) is 6.61 Å². The minimum absolute atomic E-state index is 0.110. The zero-order valence-corrected chi connectivity index (χ0v) is 20.7. The van der Waals surface area contributed by atoms with Crippen molar-refractivity contribution in [3.05, 3.63) is 35.6 Å². The van der Waals surface area contributed by atoms with E-state index in [1.165, 1.54) is 0 Å². The molecule has 0 unspecified atom stereocenters. The van der Waals surface area contributed by atoms with Crippen LogP contribution in [0.4, 0.5) is 4.79 Å². The Hall–Kier alpha value is -1.83. The Morgan fingerprint density at radius 1 is 1.13 bits per heavy atom. The van der Waals surface area contributed by atoms with Gasteiger partial charge in [-0.2, -0.15) is 0 Å². The van der Waals surface area contributed by atoms with Crippen LogP contribution in [0.5, 0.6) is 0 Å². The predicted molar refractivity (Wildman–Crippen MR) is 122 cm³/mol. The first-order valence-corrected chi connectivity index (χ1v) is 13.4. The summed E-state index contributed by atoms with van der Waals surface area (Å²) in [5, 5.41) is 10.3. The van der Waals surface area contributed by atoms with E-state index < -0.39 is 13.9 Å². The molecule has 2 aromatic rings. The monoisotopic (exact) mass is 435 g/mol. The van der Waals surface area contributed by atoms with E-state index in [0.717, 1.165) is 10.9 Å². The zero-order valence-electron chi connectivity index (χ0n) is 19.7. The van der Waals surface area contributed by atoms with Gasteiger partial charge in [0, 0.05) is 18.5 Å². The standard InChI is InChI=1S/C23H37NO5Si/c1-22(2,3)29-21(26)24(11-12-27-30(7,8)23(4,5)6)15-17-9-10-18-14-19(16-25)28-20(18)13-17/h9-10,13-14,25H,11-12,15-16H2,1-8H3. The number of rotatable bonds is 7. The van der Waals surface area contributed by atoms with E-state index in [0.29, 0.717) is 31.0 Å². The van der Waals surface area contributed by atoms with Crippen LogP contribution in [0.3, 0.4) is 0 Å². The van der Waals surface area contributed by atoms with Crippen LogP contribution < -0.4 is 0 Å². The molecule has 6 nitrogen and oxygen atoms in total. The Labute approximate surface area is 181 Å². The molecular formula is C23H37NO5Si. The Bertz CT molecular complexity index is 861. The highest BCUT2D eigenvalue weighted by molar-refractivity contribution is 6.74. The molecule has 2 rings (SSSR count). The summed E-state index contributed by atoms with van der Waals surface area (Å²) >= 11 is 0. The Balaban J connectivity index is 2.16. The van der Waals surface area contributed by atoms with Gasteiger partial charge in [-0.15, -0.1) is 0 Å². The van der Waals surface area contributed by atoms with Crippen LogP contribution in [0.2, 0.25) is 18.1 Å². The van der Waals surface area contributed by atoms with Gasteiger partial charge >= 0.3 is 6.09 Å². The summed E-state index contributed by atoms with van der Waals surface area (Å²) in [4.78, 5) is 14.5. The van der Waals surface area contributed by atoms with Crippen molar-refractivity contribution in [3.8, 4) is 0 Å². The molecule has 0 aliphatic carbocycles. The fourth-order valence-corrected chi connectivity index (χ4v) is 3.75. The summed E-state index contributed by atoms with van der Waals surface area (Å²) in [5.41, 5.74) is 1.05. The third kappa shape index (κ3) is 6.59. The summed E-state index contributed by atoms with van der Waals surface area (Å²) in [6.07, 6.45) is -0.364. The summed E-state index contributed by atoms with van der Waals surface area (Å²) < 4.78 is 17.5. The number of carbonyl (C=O) groups excluding carboxylic acids is 1. The second-order valence-electron chi connectivity index (χ2n) is 10.3. The van der Waals surface area contributed by atoms with E-state index in [4.69, 9.17) is 13.6 Å². The number of fused-ring (bicyclic) bond motifs is 1. The van der Waals surface area contributed by atoms with Gasteiger partial charge in [0.15, 0.2) is 8.32 Å². The number of benzene rings is 1. The van der Waals surface area contributed by atoms with Crippen molar-refractivity contribution < 1.29 is 23.5 Å². The zero-order chi connectivity index (χ0) is 22.7. The van der Waals surface area contributed by atoms with Gasteiger partial charge in [-0.05, 0) is 56.6 Å². The first-order chi connectivity index (χ1) is 13.7. The molecule has 30 heavy (non-hydrogen) atoms. The topological polar surface area (TPSA) is 72.1 Å². The molecular weight excluding hydrogens is 398 g/mol. The summed E-state index contributed by atoms with van der Waals surface area (Å²) in [6.45, 7) is 17.7. The number of carbonyl (C=O) groups is 1. The smallest absolute Gasteiger partial charge is 0.410 e. The minimum atomic E-state index is -1.90. The molecule has 1 amide bonds. The molecule has 0 spiro atoms. The van der Waals surface area contributed by atoms with Crippen LogP contribution in [0.25, 0.3) is 11.0 Å². The molecule has 0 fully saturated rings.